The van der Waals surface area contributed by atoms with Gasteiger partial charge in [0.2, 0.25) is 0 Å². The normalized spacial score (nSPS) is 12.3. The molecule has 1 unspecified atom stereocenters. The van der Waals surface area contributed by atoms with Gasteiger partial charge < -0.3 is 10.4 Å². The molecule has 1 aromatic rings. The molecular formula is C11H14FNO2. The number of aliphatic hydroxyl groups excluding tert-OH is 1. The zero-order chi connectivity index (χ0) is 11.4. The van der Waals surface area contributed by atoms with Gasteiger partial charge >= 0.3 is 0 Å². The SMILES string of the molecule is Cc1cc(C(=O)NCC(C)O)ccc1F. The van der Waals surface area contributed by atoms with E-state index in [1.54, 1.807) is 13.8 Å². The average molecular weight is 211 g/mol. The zero-order valence-electron chi connectivity index (χ0n) is 8.75. The van der Waals surface area contributed by atoms with Gasteiger partial charge in [0.1, 0.15) is 5.82 Å². The van der Waals surface area contributed by atoms with E-state index >= 15 is 0 Å². The van der Waals surface area contributed by atoms with E-state index in [9.17, 15) is 9.18 Å². The lowest BCUT2D eigenvalue weighted by molar-refractivity contribution is 0.0924. The molecule has 0 bridgehead atoms. The van der Waals surface area contributed by atoms with Crippen molar-refractivity contribution in [3.05, 3.63) is 35.1 Å². The Hall–Kier alpha value is -1.42. The zero-order valence-corrected chi connectivity index (χ0v) is 8.75. The smallest absolute Gasteiger partial charge is 0.251 e. The lowest BCUT2D eigenvalue weighted by Gasteiger charge is -2.07. The Kier molecular flexibility index (Phi) is 3.80. The third-order valence-corrected chi connectivity index (χ3v) is 1.98. The van der Waals surface area contributed by atoms with Gasteiger partial charge in [0.25, 0.3) is 5.91 Å². The summed E-state index contributed by atoms with van der Waals surface area (Å²) in [6.07, 6.45) is -0.588. The molecule has 0 fully saturated rings. The molecule has 3 nitrogen and oxygen atoms in total. The van der Waals surface area contributed by atoms with Gasteiger partial charge in [0, 0.05) is 12.1 Å². The van der Waals surface area contributed by atoms with Gasteiger partial charge in [-0.15, -0.1) is 0 Å². The average Bonchev–Trinajstić information content (AvgIpc) is 2.18. The molecule has 2 N–H and O–H groups in total. The molecule has 0 radical (unpaired) electrons. The Labute approximate surface area is 87.9 Å². The summed E-state index contributed by atoms with van der Waals surface area (Å²) < 4.78 is 12.9. The van der Waals surface area contributed by atoms with Crippen molar-refractivity contribution < 1.29 is 14.3 Å². The third-order valence-electron chi connectivity index (χ3n) is 1.98. The van der Waals surface area contributed by atoms with Gasteiger partial charge in [-0.3, -0.25) is 4.79 Å². The Bertz CT molecular complexity index is 364. The first-order chi connectivity index (χ1) is 7.00. The monoisotopic (exact) mass is 211 g/mol. The van der Waals surface area contributed by atoms with Gasteiger partial charge in [0.15, 0.2) is 0 Å². The molecule has 0 aromatic heterocycles. The third kappa shape index (κ3) is 3.32. The van der Waals surface area contributed by atoms with Crippen LogP contribution in [0, 0.1) is 12.7 Å². The van der Waals surface area contributed by atoms with Crippen molar-refractivity contribution in [1.82, 2.24) is 5.32 Å². The molecule has 1 atom stereocenters. The Morgan fingerprint density at radius 2 is 2.27 bits per heavy atom. The minimum absolute atomic E-state index is 0.190. The number of nitrogens with one attached hydrogen (secondary N) is 1. The van der Waals surface area contributed by atoms with Crippen LogP contribution in [0.25, 0.3) is 0 Å². The fraction of sp³-hybridized carbons (Fsp3) is 0.364. The molecule has 4 heteroatoms. The van der Waals surface area contributed by atoms with Gasteiger partial charge in [-0.1, -0.05) is 0 Å². The van der Waals surface area contributed by atoms with Gasteiger partial charge in [-0.05, 0) is 37.6 Å². The quantitative estimate of drug-likeness (QED) is 0.790. The summed E-state index contributed by atoms with van der Waals surface area (Å²) >= 11 is 0. The van der Waals surface area contributed by atoms with Crippen molar-refractivity contribution in [2.24, 2.45) is 0 Å². The van der Waals surface area contributed by atoms with Crippen LogP contribution in [0.2, 0.25) is 0 Å². The van der Waals surface area contributed by atoms with Crippen molar-refractivity contribution in [2.75, 3.05) is 6.54 Å². The summed E-state index contributed by atoms with van der Waals surface area (Å²) in [4.78, 5) is 11.5. The highest BCUT2D eigenvalue weighted by atomic mass is 19.1. The summed E-state index contributed by atoms with van der Waals surface area (Å²) in [7, 11) is 0. The molecule has 0 aliphatic rings. The molecule has 0 spiro atoms. The Balaban J connectivity index is 2.70. The lowest BCUT2D eigenvalue weighted by Crippen LogP contribution is -2.30. The second-order valence-corrected chi connectivity index (χ2v) is 3.52. The van der Waals surface area contributed by atoms with Crippen LogP contribution in [0.4, 0.5) is 4.39 Å². The summed E-state index contributed by atoms with van der Waals surface area (Å²) in [5, 5.41) is 11.5. The highest BCUT2D eigenvalue weighted by Crippen LogP contribution is 2.08. The van der Waals surface area contributed by atoms with E-state index in [0.29, 0.717) is 11.1 Å². The second-order valence-electron chi connectivity index (χ2n) is 3.52. The standard InChI is InChI=1S/C11H14FNO2/c1-7-5-9(3-4-10(7)12)11(15)13-6-8(2)14/h3-5,8,14H,6H2,1-2H3,(H,13,15). The molecule has 1 aromatic carbocycles. The number of hydrogen-bond donors (Lipinski definition) is 2. The Morgan fingerprint density at radius 1 is 1.60 bits per heavy atom. The van der Waals surface area contributed by atoms with E-state index < -0.39 is 6.10 Å². The highest BCUT2D eigenvalue weighted by Gasteiger charge is 2.07. The molecule has 0 saturated heterocycles. The summed E-state index contributed by atoms with van der Waals surface area (Å²) in [6.45, 7) is 3.37. The van der Waals surface area contributed by atoms with Crippen molar-refractivity contribution in [1.29, 1.82) is 0 Å². The van der Waals surface area contributed by atoms with E-state index in [0.717, 1.165) is 0 Å². The van der Waals surface area contributed by atoms with Crippen molar-refractivity contribution in [3.63, 3.8) is 0 Å². The molecule has 82 valence electrons. The number of aliphatic hydroxyl groups is 1. The lowest BCUT2D eigenvalue weighted by atomic mass is 10.1. The number of carbonyl (C=O) groups is 1. The fourth-order valence-corrected chi connectivity index (χ4v) is 1.13. The predicted octanol–water partition coefficient (Wildman–Crippen LogP) is 1.24. The topological polar surface area (TPSA) is 49.3 Å². The van der Waals surface area contributed by atoms with E-state index in [2.05, 4.69) is 5.32 Å². The second kappa shape index (κ2) is 4.89. The maximum Gasteiger partial charge on any atom is 0.251 e. The molecule has 1 amide bonds. The highest BCUT2D eigenvalue weighted by molar-refractivity contribution is 5.94. The molecule has 0 aliphatic carbocycles. The molecular weight excluding hydrogens is 197 g/mol. The summed E-state index contributed by atoms with van der Waals surface area (Å²) in [5.74, 6) is -0.638. The number of benzene rings is 1. The van der Waals surface area contributed by atoms with Gasteiger partial charge in [-0.2, -0.15) is 0 Å². The predicted molar refractivity (Wildman–Crippen MR) is 55.2 cm³/mol. The van der Waals surface area contributed by atoms with Crippen molar-refractivity contribution in [2.45, 2.75) is 20.0 Å². The van der Waals surface area contributed by atoms with E-state index in [1.807, 2.05) is 0 Å². The number of hydrogen-bond acceptors (Lipinski definition) is 2. The van der Waals surface area contributed by atoms with Crippen LogP contribution < -0.4 is 5.32 Å². The largest absolute Gasteiger partial charge is 0.392 e. The minimum atomic E-state index is -0.588. The molecule has 1 rings (SSSR count). The van der Waals surface area contributed by atoms with Crippen LogP contribution in [0.1, 0.15) is 22.8 Å². The van der Waals surface area contributed by atoms with Gasteiger partial charge in [0.05, 0.1) is 6.10 Å². The van der Waals surface area contributed by atoms with Crippen LogP contribution >= 0.6 is 0 Å². The first kappa shape index (κ1) is 11.7. The van der Waals surface area contributed by atoms with Crippen LogP contribution in [-0.2, 0) is 0 Å². The maximum absolute atomic E-state index is 12.9. The molecule has 0 aliphatic heterocycles. The first-order valence-corrected chi connectivity index (χ1v) is 4.73. The number of rotatable bonds is 3. The Morgan fingerprint density at radius 3 is 2.80 bits per heavy atom. The number of aryl methyl sites for hydroxylation is 1. The van der Waals surface area contributed by atoms with E-state index in [-0.39, 0.29) is 18.3 Å². The molecule has 15 heavy (non-hydrogen) atoms. The van der Waals surface area contributed by atoms with Crippen molar-refractivity contribution >= 4 is 5.91 Å². The fourth-order valence-electron chi connectivity index (χ4n) is 1.13. The first-order valence-electron chi connectivity index (χ1n) is 4.73. The minimum Gasteiger partial charge on any atom is -0.392 e. The van der Waals surface area contributed by atoms with Crippen LogP contribution in [0.15, 0.2) is 18.2 Å². The van der Waals surface area contributed by atoms with E-state index in [1.165, 1.54) is 18.2 Å². The number of amides is 1. The number of halogens is 1. The van der Waals surface area contributed by atoms with Crippen LogP contribution in [0.3, 0.4) is 0 Å². The maximum atomic E-state index is 12.9. The van der Waals surface area contributed by atoms with Gasteiger partial charge in [-0.25, -0.2) is 4.39 Å². The molecule has 0 saturated carbocycles. The van der Waals surface area contributed by atoms with E-state index in [4.69, 9.17) is 5.11 Å². The van der Waals surface area contributed by atoms with Crippen LogP contribution in [-0.4, -0.2) is 23.7 Å². The van der Waals surface area contributed by atoms with Crippen molar-refractivity contribution in [3.8, 4) is 0 Å². The summed E-state index contributed by atoms with van der Waals surface area (Å²) in [6, 6.07) is 4.15. The number of carbonyl (C=O) groups excluding carboxylic acids is 1. The molecule has 0 heterocycles. The summed E-state index contributed by atoms with van der Waals surface area (Å²) in [5.41, 5.74) is 0.828. The van der Waals surface area contributed by atoms with Crippen LogP contribution in [0.5, 0.6) is 0 Å².